The van der Waals surface area contributed by atoms with E-state index in [0.29, 0.717) is 22.3 Å². The van der Waals surface area contributed by atoms with Gasteiger partial charge in [-0.05, 0) is 97.6 Å². The van der Waals surface area contributed by atoms with Crippen LogP contribution < -0.4 is 0 Å². The van der Waals surface area contributed by atoms with Gasteiger partial charge in [0.25, 0.3) is 0 Å². The quantitative estimate of drug-likeness (QED) is 0.218. The molecule has 0 aliphatic heterocycles. The van der Waals surface area contributed by atoms with Crippen LogP contribution in [0.3, 0.4) is 0 Å². The SMILES string of the molecule is N#CC(C#N)=C1C2=CC3c4ccc(-c5cccc(C#N)c5)cc4C(=C(C#N)C#N)C3C=C2c2ccc(-c3cccc(C#N)c3)cc21. The third kappa shape index (κ3) is 4.13. The molecule has 0 radical (unpaired) electrons. The third-order valence-electron chi connectivity index (χ3n) is 8.87. The normalized spacial score (nSPS) is 16.3. The molecule has 2 unspecified atom stereocenters. The highest BCUT2D eigenvalue weighted by Gasteiger charge is 2.42. The van der Waals surface area contributed by atoms with E-state index in [9.17, 15) is 31.6 Å². The van der Waals surface area contributed by atoms with Crippen LogP contribution in [0.15, 0.2) is 114 Å². The Morgan fingerprint density at radius 2 is 1.02 bits per heavy atom. The van der Waals surface area contributed by atoms with Crippen LogP contribution in [0, 0.1) is 73.9 Å². The van der Waals surface area contributed by atoms with Crippen LogP contribution in [0.4, 0.5) is 0 Å². The van der Waals surface area contributed by atoms with Crippen LogP contribution in [0.5, 0.6) is 0 Å². The van der Waals surface area contributed by atoms with Gasteiger partial charge in [0.15, 0.2) is 0 Å². The molecule has 46 heavy (non-hydrogen) atoms. The minimum atomic E-state index is -0.324. The topological polar surface area (TPSA) is 143 Å². The summed E-state index contributed by atoms with van der Waals surface area (Å²) in [5, 5.41) is 59.0. The van der Waals surface area contributed by atoms with Crippen LogP contribution in [0.25, 0.3) is 39.0 Å². The lowest BCUT2D eigenvalue weighted by atomic mass is 9.79. The van der Waals surface area contributed by atoms with Crippen molar-refractivity contribution in [3.8, 4) is 58.7 Å². The Balaban J connectivity index is 1.44. The standard InChI is InChI=1S/C40H18N6/c41-17-23-3-1-5-25(11-23)27-7-9-31-33-15-38-34(16-37(33)39(35(31)13-27)29(19-43)20-44)32-10-8-28(26-6-2-4-24(12-26)18-42)14-36(32)40(38)30(21-45)22-46/h1-16,33,37H. The van der Waals surface area contributed by atoms with E-state index in [0.717, 1.165) is 55.7 Å². The first-order valence-electron chi connectivity index (χ1n) is 14.4. The lowest BCUT2D eigenvalue weighted by molar-refractivity contribution is 0.752. The molecule has 0 aromatic heterocycles. The zero-order valence-corrected chi connectivity index (χ0v) is 24.1. The maximum atomic E-state index is 10.1. The van der Waals surface area contributed by atoms with Crippen molar-refractivity contribution in [2.75, 3.05) is 0 Å². The number of rotatable bonds is 2. The van der Waals surface area contributed by atoms with Crippen LogP contribution in [0.2, 0.25) is 0 Å². The van der Waals surface area contributed by atoms with E-state index >= 15 is 0 Å². The molecule has 4 aromatic carbocycles. The van der Waals surface area contributed by atoms with E-state index in [1.807, 2.05) is 60.7 Å². The first kappa shape index (κ1) is 27.6. The monoisotopic (exact) mass is 582 g/mol. The van der Waals surface area contributed by atoms with Crippen molar-refractivity contribution in [2.24, 2.45) is 5.92 Å². The lowest BCUT2D eigenvalue weighted by Gasteiger charge is -2.23. The van der Waals surface area contributed by atoms with Crippen molar-refractivity contribution in [1.29, 1.82) is 31.6 Å². The van der Waals surface area contributed by atoms with Crippen molar-refractivity contribution in [1.82, 2.24) is 0 Å². The van der Waals surface area contributed by atoms with E-state index in [1.165, 1.54) is 0 Å². The molecule has 208 valence electrons. The first-order valence-corrected chi connectivity index (χ1v) is 14.4. The predicted octanol–water partition coefficient (Wildman–Crippen LogP) is 8.12. The average molecular weight is 583 g/mol. The molecule has 3 aliphatic carbocycles. The number of hydrogen-bond donors (Lipinski definition) is 0. The van der Waals surface area contributed by atoms with E-state index in [1.54, 1.807) is 24.3 Å². The Bertz CT molecular complexity index is 2410. The summed E-state index contributed by atoms with van der Waals surface area (Å²) < 4.78 is 0. The second-order valence-corrected chi connectivity index (χ2v) is 11.1. The van der Waals surface area contributed by atoms with Gasteiger partial charge in [-0.3, -0.25) is 0 Å². The van der Waals surface area contributed by atoms with E-state index < -0.39 is 0 Å². The minimum Gasteiger partial charge on any atom is -0.192 e. The minimum absolute atomic E-state index is 0.00581. The van der Waals surface area contributed by atoms with Crippen molar-refractivity contribution < 1.29 is 0 Å². The Kier molecular flexibility index (Phi) is 6.48. The molecule has 4 aromatic rings. The highest BCUT2D eigenvalue weighted by atomic mass is 14.5. The summed E-state index contributed by atoms with van der Waals surface area (Å²) in [7, 11) is 0. The summed E-state index contributed by atoms with van der Waals surface area (Å²) in [6.45, 7) is 0. The number of hydrogen-bond acceptors (Lipinski definition) is 6. The van der Waals surface area contributed by atoms with Gasteiger partial charge in [0.2, 0.25) is 0 Å². The number of nitrogens with zero attached hydrogens (tertiary/aromatic N) is 6. The summed E-state index contributed by atoms with van der Waals surface area (Å²) in [6, 6.07) is 39.1. The van der Waals surface area contributed by atoms with Gasteiger partial charge >= 0.3 is 0 Å². The Hall–Kier alpha value is -7.22. The maximum Gasteiger partial charge on any atom is 0.138 e. The zero-order valence-electron chi connectivity index (χ0n) is 24.1. The Morgan fingerprint density at radius 3 is 1.61 bits per heavy atom. The summed E-state index contributed by atoms with van der Waals surface area (Å²) in [6.07, 6.45) is 4.13. The highest BCUT2D eigenvalue weighted by molar-refractivity contribution is 6.12. The first-order chi connectivity index (χ1) is 22.5. The molecule has 2 atom stereocenters. The van der Waals surface area contributed by atoms with Crippen molar-refractivity contribution in [3.05, 3.63) is 147 Å². The molecular formula is C40H18N6. The van der Waals surface area contributed by atoms with Crippen molar-refractivity contribution in [3.63, 3.8) is 0 Å². The van der Waals surface area contributed by atoms with Gasteiger partial charge in [-0.1, -0.05) is 60.7 Å². The molecule has 0 saturated heterocycles. The summed E-state index contributed by atoms with van der Waals surface area (Å²) in [5.41, 5.74) is 10.6. The van der Waals surface area contributed by atoms with Crippen LogP contribution in [-0.2, 0) is 0 Å². The van der Waals surface area contributed by atoms with Crippen LogP contribution in [0.1, 0.15) is 39.3 Å². The smallest absolute Gasteiger partial charge is 0.138 e. The van der Waals surface area contributed by atoms with Crippen LogP contribution >= 0.6 is 0 Å². The number of allylic oxidation sites excluding steroid dienone is 8. The maximum absolute atomic E-state index is 10.1. The number of nitriles is 6. The van der Waals surface area contributed by atoms with Gasteiger partial charge in [0.05, 0.1) is 23.3 Å². The second kappa shape index (κ2) is 10.8. The average Bonchev–Trinajstić information content (AvgIpc) is 3.60. The van der Waals surface area contributed by atoms with Gasteiger partial charge in [-0.15, -0.1) is 0 Å². The molecule has 3 aliphatic rings. The zero-order chi connectivity index (χ0) is 31.9. The Morgan fingerprint density at radius 1 is 0.478 bits per heavy atom. The van der Waals surface area contributed by atoms with Crippen molar-refractivity contribution in [2.45, 2.75) is 5.92 Å². The van der Waals surface area contributed by atoms with E-state index in [2.05, 4.69) is 48.6 Å². The highest BCUT2D eigenvalue weighted by Crippen LogP contribution is 2.58. The molecule has 0 saturated carbocycles. The molecule has 0 N–H and O–H groups in total. The molecule has 0 amide bonds. The fraction of sp³-hybridized carbons (Fsp3) is 0.0500. The van der Waals surface area contributed by atoms with E-state index in [4.69, 9.17) is 0 Å². The molecule has 0 heterocycles. The van der Waals surface area contributed by atoms with Gasteiger partial charge in [0, 0.05) is 17.4 Å². The van der Waals surface area contributed by atoms with Crippen molar-refractivity contribution >= 4 is 16.7 Å². The summed E-state index contributed by atoms with van der Waals surface area (Å²) in [4.78, 5) is 0. The predicted molar refractivity (Wildman–Crippen MR) is 172 cm³/mol. The van der Waals surface area contributed by atoms with Gasteiger partial charge in [-0.25, -0.2) is 0 Å². The van der Waals surface area contributed by atoms with Crippen LogP contribution in [-0.4, -0.2) is 0 Å². The molecular weight excluding hydrogens is 564 g/mol. The fourth-order valence-corrected chi connectivity index (χ4v) is 6.88. The fourth-order valence-electron chi connectivity index (χ4n) is 6.88. The summed E-state index contributed by atoms with van der Waals surface area (Å²) in [5.74, 6) is -0.565. The molecule has 0 bridgehead atoms. The third-order valence-corrected chi connectivity index (χ3v) is 8.87. The largest absolute Gasteiger partial charge is 0.192 e. The lowest BCUT2D eigenvalue weighted by Crippen LogP contribution is -2.09. The number of benzene rings is 4. The molecule has 6 heteroatoms. The van der Waals surface area contributed by atoms with E-state index in [-0.39, 0.29) is 23.0 Å². The van der Waals surface area contributed by atoms with Gasteiger partial charge in [-0.2, -0.15) is 31.6 Å². The van der Waals surface area contributed by atoms with Gasteiger partial charge in [0.1, 0.15) is 35.4 Å². The Labute approximate surface area is 265 Å². The summed E-state index contributed by atoms with van der Waals surface area (Å²) >= 11 is 0. The molecule has 0 spiro atoms. The molecule has 0 fully saturated rings. The van der Waals surface area contributed by atoms with Gasteiger partial charge < -0.3 is 0 Å². The number of fused-ring (bicyclic) bond motifs is 6. The second-order valence-electron chi connectivity index (χ2n) is 11.1. The molecule has 7 rings (SSSR count). The molecule has 6 nitrogen and oxygen atoms in total.